The molecule has 0 heterocycles. The number of rotatable bonds is 8. The predicted molar refractivity (Wildman–Crippen MR) is 124 cm³/mol. The molecule has 0 aromatic carbocycles. The van der Waals surface area contributed by atoms with Gasteiger partial charge in [0.1, 0.15) is 0 Å². The first-order chi connectivity index (χ1) is 13.7. The molecule has 0 aliphatic heterocycles. The van der Waals surface area contributed by atoms with Crippen LogP contribution in [0, 0.1) is 29.6 Å². The summed E-state index contributed by atoms with van der Waals surface area (Å²) >= 11 is 0. The third-order valence-electron chi connectivity index (χ3n) is 8.72. The summed E-state index contributed by atoms with van der Waals surface area (Å²) in [7, 11) is 4.53. The summed E-state index contributed by atoms with van der Waals surface area (Å²) in [6.07, 6.45) is 28.9. The molecule has 3 aliphatic rings. The number of nitrogens with zero attached hydrogens (tertiary/aromatic N) is 1. The molecule has 3 rings (SSSR count). The first kappa shape index (κ1) is 22.4. The van der Waals surface area contributed by atoms with Crippen LogP contribution in [0.15, 0.2) is 12.2 Å². The molecule has 0 N–H and O–H groups in total. The van der Waals surface area contributed by atoms with Crippen molar-refractivity contribution in [3.05, 3.63) is 12.2 Å². The van der Waals surface area contributed by atoms with Crippen molar-refractivity contribution < 1.29 is 0 Å². The molecule has 0 aromatic heterocycles. The fraction of sp³-hybridized carbons (Fsp3) is 0.926. The number of hydrogen-bond acceptors (Lipinski definition) is 1. The van der Waals surface area contributed by atoms with Crippen LogP contribution in [0.1, 0.15) is 110 Å². The van der Waals surface area contributed by atoms with Gasteiger partial charge in [0.25, 0.3) is 0 Å². The molecular weight excluding hydrogens is 338 g/mol. The van der Waals surface area contributed by atoms with Gasteiger partial charge in [0.15, 0.2) is 0 Å². The van der Waals surface area contributed by atoms with Gasteiger partial charge in [-0.2, -0.15) is 0 Å². The summed E-state index contributed by atoms with van der Waals surface area (Å²) in [5.74, 6) is 4.95. The molecule has 0 saturated heterocycles. The van der Waals surface area contributed by atoms with Crippen molar-refractivity contribution in [3.63, 3.8) is 0 Å². The second kappa shape index (κ2) is 11.8. The molecule has 0 bridgehead atoms. The zero-order chi connectivity index (χ0) is 19.8. The normalized spacial score (nSPS) is 37.6. The zero-order valence-electron chi connectivity index (χ0n) is 19.4. The van der Waals surface area contributed by atoms with Gasteiger partial charge in [0, 0.05) is 6.04 Å². The molecule has 3 fully saturated rings. The van der Waals surface area contributed by atoms with Gasteiger partial charge < -0.3 is 4.90 Å². The van der Waals surface area contributed by atoms with E-state index in [2.05, 4.69) is 38.1 Å². The van der Waals surface area contributed by atoms with Crippen LogP contribution in [0.2, 0.25) is 0 Å². The van der Waals surface area contributed by atoms with Gasteiger partial charge in [-0.3, -0.25) is 0 Å². The molecule has 0 aromatic rings. The lowest BCUT2D eigenvalue weighted by molar-refractivity contribution is 0.131. The van der Waals surface area contributed by atoms with Crippen molar-refractivity contribution in [1.29, 1.82) is 0 Å². The first-order valence-corrected chi connectivity index (χ1v) is 13.0. The summed E-state index contributed by atoms with van der Waals surface area (Å²) in [6, 6.07) is 0.859. The van der Waals surface area contributed by atoms with E-state index in [1.54, 1.807) is 0 Å². The average molecular weight is 388 g/mol. The minimum atomic E-state index is 0.859. The Morgan fingerprint density at radius 1 is 0.643 bits per heavy atom. The highest BCUT2D eigenvalue weighted by atomic mass is 15.1. The smallest absolute Gasteiger partial charge is 0.00893 e. The molecule has 3 aliphatic carbocycles. The molecule has 1 nitrogen and oxygen atoms in total. The van der Waals surface area contributed by atoms with Gasteiger partial charge in [0.2, 0.25) is 0 Å². The Bertz CT molecular complexity index is 429. The van der Waals surface area contributed by atoms with Crippen molar-refractivity contribution in [2.24, 2.45) is 29.6 Å². The number of hydrogen-bond donors (Lipinski definition) is 0. The Morgan fingerprint density at radius 3 is 1.64 bits per heavy atom. The minimum Gasteiger partial charge on any atom is -0.306 e. The van der Waals surface area contributed by atoms with Crippen molar-refractivity contribution in [3.8, 4) is 0 Å². The van der Waals surface area contributed by atoms with E-state index in [0.29, 0.717) is 0 Å². The van der Waals surface area contributed by atoms with E-state index in [0.717, 1.165) is 35.6 Å². The molecule has 0 radical (unpaired) electrons. The van der Waals surface area contributed by atoms with Gasteiger partial charge in [-0.05, 0) is 121 Å². The van der Waals surface area contributed by atoms with Crippen molar-refractivity contribution in [1.82, 2.24) is 4.90 Å². The maximum absolute atomic E-state index is 2.65. The quantitative estimate of drug-likeness (QED) is 0.302. The fourth-order valence-corrected chi connectivity index (χ4v) is 6.56. The Morgan fingerprint density at radius 2 is 1.14 bits per heavy atom. The van der Waals surface area contributed by atoms with Crippen LogP contribution in [-0.2, 0) is 0 Å². The largest absolute Gasteiger partial charge is 0.306 e. The van der Waals surface area contributed by atoms with Crippen LogP contribution in [-0.4, -0.2) is 25.0 Å². The van der Waals surface area contributed by atoms with Crippen molar-refractivity contribution >= 4 is 0 Å². The summed E-state index contributed by atoms with van der Waals surface area (Å²) in [5.41, 5.74) is 0. The summed E-state index contributed by atoms with van der Waals surface area (Å²) in [4.78, 5) is 2.45. The van der Waals surface area contributed by atoms with E-state index in [9.17, 15) is 0 Å². The van der Waals surface area contributed by atoms with Gasteiger partial charge in [-0.25, -0.2) is 0 Å². The summed E-state index contributed by atoms with van der Waals surface area (Å²) in [6.45, 7) is 2.32. The third kappa shape index (κ3) is 6.89. The average Bonchev–Trinajstić information content (AvgIpc) is 2.74. The SMILES string of the molecule is CCCCCC1CCC(/C=C/C2CCC(C3CCC(N(C)C)CC3)CC2)CC1. The van der Waals surface area contributed by atoms with Crippen molar-refractivity contribution in [2.45, 2.75) is 116 Å². The Hall–Kier alpha value is -0.300. The standard InChI is InChI=1S/C27H49N/c1-4-5-6-7-22-8-10-23(11-9-22)12-13-24-14-16-25(17-15-24)26-18-20-27(21-19-26)28(2)3/h12-13,22-27H,4-11,14-21H2,1-3H3/b13-12+. The second-order valence-electron chi connectivity index (χ2n) is 10.9. The number of allylic oxidation sites excluding steroid dienone is 2. The highest BCUT2D eigenvalue weighted by Gasteiger charge is 2.31. The lowest BCUT2D eigenvalue weighted by Gasteiger charge is -2.39. The Labute approximate surface area is 176 Å². The van der Waals surface area contributed by atoms with Crippen LogP contribution in [0.25, 0.3) is 0 Å². The van der Waals surface area contributed by atoms with Crippen LogP contribution in [0.3, 0.4) is 0 Å². The topological polar surface area (TPSA) is 3.24 Å². The molecule has 0 spiro atoms. The molecular formula is C27H49N. The summed E-state index contributed by atoms with van der Waals surface area (Å²) < 4.78 is 0. The van der Waals surface area contributed by atoms with E-state index in [1.807, 2.05) is 0 Å². The third-order valence-corrected chi connectivity index (χ3v) is 8.72. The van der Waals surface area contributed by atoms with E-state index in [-0.39, 0.29) is 0 Å². The van der Waals surface area contributed by atoms with Crippen LogP contribution >= 0.6 is 0 Å². The zero-order valence-corrected chi connectivity index (χ0v) is 19.4. The maximum atomic E-state index is 2.65. The molecule has 0 atom stereocenters. The monoisotopic (exact) mass is 387 g/mol. The molecule has 1 heteroatoms. The lowest BCUT2D eigenvalue weighted by Crippen LogP contribution is -2.34. The Balaban J connectivity index is 1.30. The van der Waals surface area contributed by atoms with Gasteiger partial charge >= 0.3 is 0 Å². The van der Waals surface area contributed by atoms with Crippen LogP contribution < -0.4 is 0 Å². The fourth-order valence-electron chi connectivity index (χ4n) is 6.56. The van der Waals surface area contributed by atoms with Gasteiger partial charge in [-0.1, -0.05) is 44.8 Å². The molecule has 0 amide bonds. The van der Waals surface area contributed by atoms with Crippen LogP contribution in [0.4, 0.5) is 0 Å². The predicted octanol–water partition coefficient (Wildman–Crippen LogP) is 7.86. The molecule has 28 heavy (non-hydrogen) atoms. The van der Waals surface area contributed by atoms with E-state index < -0.39 is 0 Å². The van der Waals surface area contributed by atoms with Crippen molar-refractivity contribution in [2.75, 3.05) is 14.1 Å². The van der Waals surface area contributed by atoms with Crippen LogP contribution in [0.5, 0.6) is 0 Å². The molecule has 162 valence electrons. The molecule has 0 unspecified atom stereocenters. The highest BCUT2D eigenvalue weighted by molar-refractivity contribution is 4.97. The molecule has 3 saturated carbocycles. The first-order valence-electron chi connectivity index (χ1n) is 13.0. The minimum absolute atomic E-state index is 0.859. The second-order valence-corrected chi connectivity index (χ2v) is 10.9. The maximum Gasteiger partial charge on any atom is 0.00893 e. The van der Waals surface area contributed by atoms with E-state index >= 15 is 0 Å². The lowest BCUT2D eigenvalue weighted by atomic mass is 9.70. The summed E-state index contributed by atoms with van der Waals surface area (Å²) in [5, 5.41) is 0. The highest BCUT2D eigenvalue weighted by Crippen LogP contribution is 2.41. The number of unbranched alkanes of at least 4 members (excludes halogenated alkanes) is 2. The van der Waals surface area contributed by atoms with Gasteiger partial charge in [-0.15, -0.1) is 0 Å². The van der Waals surface area contributed by atoms with E-state index in [4.69, 9.17) is 0 Å². The van der Waals surface area contributed by atoms with Gasteiger partial charge in [0.05, 0.1) is 0 Å². The van der Waals surface area contributed by atoms with E-state index in [1.165, 1.54) is 103 Å². The Kier molecular flexibility index (Phi) is 9.41.